The number of aryl methyl sites for hydroxylation is 2. The summed E-state index contributed by atoms with van der Waals surface area (Å²) in [5.41, 5.74) is 2.57. The quantitative estimate of drug-likeness (QED) is 0.519. The molecule has 0 aromatic heterocycles. The highest BCUT2D eigenvalue weighted by Crippen LogP contribution is 2.27. The number of carbonyl (C=O) groups is 1. The Morgan fingerprint density at radius 3 is 2.26 bits per heavy atom. The molecule has 0 fully saturated rings. The largest absolute Gasteiger partial charge is 0.326 e. The summed E-state index contributed by atoms with van der Waals surface area (Å²) in [6.45, 7) is 3.66. The third-order valence-electron chi connectivity index (χ3n) is 4.55. The Morgan fingerprint density at radius 2 is 1.65 bits per heavy atom. The van der Waals surface area contributed by atoms with Gasteiger partial charge in [0.2, 0.25) is 5.91 Å². The zero-order valence-corrected chi connectivity index (χ0v) is 18.7. The maximum Gasteiger partial charge on any atom is 0.264 e. The smallest absolute Gasteiger partial charge is 0.264 e. The van der Waals surface area contributed by atoms with Crippen LogP contribution >= 0.6 is 11.6 Å². The molecule has 0 heterocycles. The van der Waals surface area contributed by atoms with Crippen LogP contribution in [0.4, 0.5) is 15.8 Å². The summed E-state index contributed by atoms with van der Waals surface area (Å²) in [6, 6.07) is 16.8. The van der Waals surface area contributed by atoms with E-state index in [4.69, 9.17) is 11.6 Å². The van der Waals surface area contributed by atoms with Crippen LogP contribution in [0.25, 0.3) is 0 Å². The molecule has 8 heteroatoms. The molecule has 1 N–H and O–H groups in total. The fraction of sp³-hybridized carbons (Fsp3) is 0.174. The first kappa shape index (κ1) is 22.8. The second kappa shape index (κ2) is 9.49. The van der Waals surface area contributed by atoms with Crippen molar-refractivity contribution in [3.63, 3.8) is 0 Å². The number of nitrogens with zero attached hydrogens (tertiary/aromatic N) is 1. The van der Waals surface area contributed by atoms with E-state index in [0.717, 1.165) is 11.1 Å². The minimum Gasteiger partial charge on any atom is -0.326 e. The number of amides is 1. The van der Waals surface area contributed by atoms with Crippen molar-refractivity contribution in [2.45, 2.75) is 25.2 Å². The van der Waals surface area contributed by atoms with Gasteiger partial charge in [-0.15, -0.1) is 0 Å². The normalized spacial score (nSPS) is 11.2. The summed E-state index contributed by atoms with van der Waals surface area (Å²) in [5.74, 6) is -0.897. The van der Waals surface area contributed by atoms with E-state index < -0.39 is 21.7 Å². The maximum atomic E-state index is 13.4. The fourth-order valence-corrected chi connectivity index (χ4v) is 4.78. The topological polar surface area (TPSA) is 66.5 Å². The lowest BCUT2D eigenvalue weighted by Crippen LogP contribution is -2.34. The number of nitrogens with one attached hydrogen (secondary N) is 1. The second-order valence-corrected chi connectivity index (χ2v) is 9.48. The molecule has 0 unspecified atom stereocenters. The number of sulfonamides is 1. The zero-order valence-electron chi connectivity index (χ0n) is 17.1. The van der Waals surface area contributed by atoms with Crippen molar-refractivity contribution in [3.05, 3.63) is 88.7 Å². The highest BCUT2D eigenvalue weighted by Gasteiger charge is 2.26. The molecule has 0 saturated heterocycles. The van der Waals surface area contributed by atoms with Crippen LogP contribution in [0.2, 0.25) is 5.02 Å². The van der Waals surface area contributed by atoms with Crippen molar-refractivity contribution in [1.29, 1.82) is 0 Å². The molecule has 0 saturated carbocycles. The van der Waals surface area contributed by atoms with E-state index in [1.165, 1.54) is 46.8 Å². The number of rotatable bonds is 7. The first-order chi connectivity index (χ1) is 14.6. The third-order valence-corrected chi connectivity index (χ3v) is 6.64. The summed E-state index contributed by atoms with van der Waals surface area (Å²) in [6.07, 6.45) is -0.115. The summed E-state index contributed by atoms with van der Waals surface area (Å²) >= 11 is 5.90. The fourth-order valence-electron chi connectivity index (χ4n) is 3.21. The number of hydrogen-bond acceptors (Lipinski definition) is 3. The molecular formula is C23H22ClFN2O3S. The molecule has 3 rings (SSSR count). The van der Waals surface area contributed by atoms with Crippen LogP contribution in [0.3, 0.4) is 0 Å². The highest BCUT2D eigenvalue weighted by atomic mass is 35.5. The van der Waals surface area contributed by atoms with E-state index in [0.29, 0.717) is 16.4 Å². The predicted octanol–water partition coefficient (Wildman–Crippen LogP) is 5.32. The molecule has 0 aliphatic heterocycles. The maximum absolute atomic E-state index is 13.4. The lowest BCUT2D eigenvalue weighted by molar-refractivity contribution is -0.116. The van der Waals surface area contributed by atoms with Crippen molar-refractivity contribution >= 4 is 38.9 Å². The summed E-state index contributed by atoms with van der Waals surface area (Å²) in [4.78, 5) is 12.5. The third kappa shape index (κ3) is 5.83. The van der Waals surface area contributed by atoms with Crippen molar-refractivity contribution in [2.75, 3.05) is 16.2 Å². The Balaban J connectivity index is 1.89. The van der Waals surface area contributed by atoms with E-state index >= 15 is 0 Å². The Morgan fingerprint density at radius 1 is 1.00 bits per heavy atom. The SMILES string of the molecule is Cc1cc(C)cc(N(CCC(=O)Nc2cccc(F)c2)S(=O)(=O)c2ccc(Cl)cc2)c1. The van der Waals surface area contributed by atoms with Crippen molar-refractivity contribution in [3.8, 4) is 0 Å². The van der Waals surface area contributed by atoms with Crippen LogP contribution in [-0.4, -0.2) is 20.9 Å². The van der Waals surface area contributed by atoms with Crippen LogP contribution in [-0.2, 0) is 14.8 Å². The van der Waals surface area contributed by atoms with Gasteiger partial charge in [-0.1, -0.05) is 23.7 Å². The van der Waals surface area contributed by atoms with Gasteiger partial charge in [-0.2, -0.15) is 0 Å². The molecule has 3 aromatic carbocycles. The van der Waals surface area contributed by atoms with Crippen molar-refractivity contribution in [2.24, 2.45) is 0 Å². The average molecular weight is 461 g/mol. The standard InChI is InChI=1S/C23H22ClFN2O3S/c1-16-12-17(2)14-21(13-16)27(31(29,30)22-8-6-18(24)7-9-22)11-10-23(28)26-20-5-3-4-19(25)15-20/h3-9,12-15H,10-11H2,1-2H3,(H,26,28). The zero-order chi connectivity index (χ0) is 22.6. The lowest BCUT2D eigenvalue weighted by Gasteiger charge is -2.25. The van der Waals surface area contributed by atoms with Gasteiger partial charge in [0.25, 0.3) is 10.0 Å². The van der Waals surface area contributed by atoms with Gasteiger partial charge in [-0.05, 0) is 79.6 Å². The molecule has 162 valence electrons. The van der Waals surface area contributed by atoms with Crippen molar-refractivity contribution < 1.29 is 17.6 Å². The van der Waals surface area contributed by atoms with E-state index in [-0.39, 0.29) is 17.9 Å². The number of anilines is 2. The Hall–Kier alpha value is -2.90. The van der Waals surface area contributed by atoms with E-state index in [9.17, 15) is 17.6 Å². The summed E-state index contributed by atoms with van der Waals surface area (Å²) < 4.78 is 41.3. The molecule has 3 aromatic rings. The first-order valence-electron chi connectivity index (χ1n) is 9.57. The molecule has 0 atom stereocenters. The molecular weight excluding hydrogens is 439 g/mol. The van der Waals surface area contributed by atoms with Gasteiger partial charge in [0.05, 0.1) is 10.6 Å². The molecule has 0 spiro atoms. The molecule has 0 aliphatic rings. The average Bonchev–Trinajstić information content (AvgIpc) is 2.67. The van der Waals surface area contributed by atoms with Gasteiger partial charge in [0.15, 0.2) is 0 Å². The minimum absolute atomic E-state index is 0.0709. The van der Waals surface area contributed by atoms with Crippen LogP contribution in [0, 0.1) is 19.7 Å². The molecule has 1 amide bonds. The van der Waals surface area contributed by atoms with Crippen LogP contribution in [0.5, 0.6) is 0 Å². The Kier molecular flexibility index (Phi) is 6.97. The Labute approximate surface area is 186 Å². The van der Waals surface area contributed by atoms with Crippen LogP contribution in [0.15, 0.2) is 71.6 Å². The first-order valence-corrected chi connectivity index (χ1v) is 11.4. The molecule has 0 aliphatic carbocycles. The number of benzene rings is 3. The van der Waals surface area contributed by atoms with Gasteiger partial charge in [0, 0.05) is 23.7 Å². The van der Waals surface area contributed by atoms with Gasteiger partial charge in [0.1, 0.15) is 5.82 Å². The highest BCUT2D eigenvalue weighted by molar-refractivity contribution is 7.92. The number of hydrogen-bond donors (Lipinski definition) is 1. The monoisotopic (exact) mass is 460 g/mol. The number of carbonyl (C=O) groups excluding carboxylic acids is 1. The molecule has 0 radical (unpaired) electrons. The second-order valence-electron chi connectivity index (χ2n) is 7.19. The molecule has 0 bridgehead atoms. The predicted molar refractivity (Wildman–Crippen MR) is 122 cm³/mol. The van der Waals surface area contributed by atoms with Gasteiger partial charge >= 0.3 is 0 Å². The van der Waals surface area contributed by atoms with Crippen LogP contribution < -0.4 is 9.62 Å². The van der Waals surface area contributed by atoms with Crippen molar-refractivity contribution in [1.82, 2.24) is 0 Å². The minimum atomic E-state index is -3.94. The molecule has 31 heavy (non-hydrogen) atoms. The number of halogens is 2. The van der Waals surface area contributed by atoms with Gasteiger partial charge in [-0.25, -0.2) is 12.8 Å². The van der Waals surface area contributed by atoms with Gasteiger partial charge in [-0.3, -0.25) is 9.10 Å². The van der Waals surface area contributed by atoms with E-state index in [1.54, 1.807) is 18.2 Å². The Bertz CT molecular complexity index is 1180. The summed E-state index contributed by atoms with van der Waals surface area (Å²) in [5, 5.41) is 3.02. The van der Waals surface area contributed by atoms with Crippen LogP contribution in [0.1, 0.15) is 17.5 Å². The van der Waals surface area contributed by atoms with E-state index in [2.05, 4.69) is 5.32 Å². The van der Waals surface area contributed by atoms with E-state index in [1.807, 2.05) is 19.9 Å². The van der Waals surface area contributed by atoms with Gasteiger partial charge < -0.3 is 5.32 Å². The summed E-state index contributed by atoms with van der Waals surface area (Å²) in [7, 11) is -3.94. The molecule has 5 nitrogen and oxygen atoms in total. The lowest BCUT2D eigenvalue weighted by atomic mass is 10.1.